The second kappa shape index (κ2) is 8.47. The molecule has 0 aliphatic heterocycles. The summed E-state index contributed by atoms with van der Waals surface area (Å²) in [7, 11) is 1.54. The van der Waals surface area contributed by atoms with Crippen molar-refractivity contribution >= 4 is 34.3 Å². The number of carbonyl (C=O) groups excluding carboxylic acids is 1. The van der Waals surface area contributed by atoms with E-state index in [1.54, 1.807) is 30.3 Å². The number of hydrogen-bond donors (Lipinski definition) is 1. The van der Waals surface area contributed by atoms with Crippen LogP contribution in [0.4, 0.5) is 5.69 Å². The molecule has 0 aliphatic carbocycles. The first-order valence-electron chi connectivity index (χ1n) is 9.26. The van der Waals surface area contributed by atoms with Gasteiger partial charge in [-0.05, 0) is 61.0 Å². The molecule has 4 aromatic rings. The van der Waals surface area contributed by atoms with Gasteiger partial charge in [-0.25, -0.2) is 4.98 Å². The number of halogens is 1. The van der Waals surface area contributed by atoms with Crippen LogP contribution in [0.5, 0.6) is 11.5 Å². The molecule has 0 aliphatic rings. The van der Waals surface area contributed by atoms with Crippen LogP contribution in [-0.2, 0) is 4.79 Å². The maximum Gasteiger partial charge on any atom is 0.262 e. The minimum Gasteiger partial charge on any atom is -0.495 e. The molecule has 0 fully saturated rings. The van der Waals surface area contributed by atoms with E-state index in [0.717, 1.165) is 16.6 Å². The molecule has 7 heteroatoms. The summed E-state index contributed by atoms with van der Waals surface area (Å²) in [5, 5.41) is 3.44. The summed E-state index contributed by atoms with van der Waals surface area (Å²) < 4.78 is 16.8. The van der Waals surface area contributed by atoms with Crippen LogP contribution in [0.25, 0.3) is 22.6 Å². The normalized spacial score (nSPS) is 10.8. The highest BCUT2D eigenvalue weighted by Crippen LogP contribution is 2.32. The lowest BCUT2D eigenvalue weighted by Crippen LogP contribution is -2.20. The molecule has 0 spiro atoms. The van der Waals surface area contributed by atoms with E-state index in [1.165, 1.54) is 7.11 Å². The predicted molar refractivity (Wildman–Crippen MR) is 116 cm³/mol. The van der Waals surface area contributed by atoms with E-state index in [-0.39, 0.29) is 12.5 Å². The summed E-state index contributed by atoms with van der Waals surface area (Å²) in [6.07, 6.45) is 0. The maximum atomic E-state index is 12.5. The largest absolute Gasteiger partial charge is 0.495 e. The van der Waals surface area contributed by atoms with Crippen molar-refractivity contribution in [3.63, 3.8) is 0 Å². The lowest BCUT2D eigenvalue weighted by atomic mass is 10.2. The summed E-state index contributed by atoms with van der Waals surface area (Å²) in [6, 6.07) is 18.1. The number of fused-ring (bicyclic) bond motifs is 1. The third-order valence-corrected chi connectivity index (χ3v) is 4.75. The van der Waals surface area contributed by atoms with Gasteiger partial charge in [-0.3, -0.25) is 4.79 Å². The number of carbonyl (C=O) groups is 1. The first-order valence-corrected chi connectivity index (χ1v) is 9.64. The zero-order valence-electron chi connectivity index (χ0n) is 16.4. The molecule has 6 nitrogen and oxygen atoms in total. The molecule has 1 aromatic heterocycles. The van der Waals surface area contributed by atoms with Gasteiger partial charge in [-0.15, -0.1) is 0 Å². The van der Waals surface area contributed by atoms with Crippen LogP contribution in [0.15, 0.2) is 65.1 Å². The van der Waals surface area contributed by atoms with Crippen molar-refractivity contribution in [2.75, 3.05) is 19.0 Å². The Bertz CT molecular complexity index is 1190. The fourth-order valence-electron chi connectivity index (χ4n) is 3.04. The number of aromatic nitrogens is 1. The molecular formula is C23H19ClN2O4. The smallest absolute Gasteiger partial charge is 0.262 e. The Morgan fingerprint density at radius 1 is 1.10 bits per heavy atom. The highest BCUT2D eigenvalue weighted by molar-refractivity contribution is 6.30. The number of ether oxygens (including phenoxy) is 2. The van der Waals surface area contributed by atoms with Crippen molar-refractivity contribution in [3.8, 4) is 23.0 Å². The molecule has 1 N–H and O–H groups in total. The maximum absolute atomic E-state index is 12.5. The highest BCUT2D eigenvalue weighted by atomic mass is 35.5. The van der Waals surface area contributed by atoms with E-state index in [0.29, 0.717) is 33.7 Å². The van der Waals surface area contributed by atoms with Crippen molar-refractivity contribution < 1.29 is 18.7 Å². The van der Waals surface area contributed by atoms with Gasteiger partial charge < -0.3 is 19.2 Å². The number of methoxy groups -OCH3 is 1. The molecule has 1 heterocycles. The van der Waals surface area contributed by atoms with Crippen LogP contribution in [0, 0.1) is 6.92 Å². The number of anilines is 1. The minimum atomic E-state index is -0.322. The Hall–Kier alpha value is -3.51. The molecule has 30 heavy (non-hydrogen) atoms. The molecule has 0 atom stereocenters. The van der Waals surface area contributed by atoms with E-state index in [2.05, 4.69) is 10.3 Å². The molecule has 4 rings (SSSR count). The van der Waals surface area contributed by atoms with Gasteiger partial charge in [-0.1, -0.05) is 23.7 Å². The Morgan fingerprint density at radius 2 is 1.90 bits per heavy atom. The number of aryl methyl sites for hydroxylation is 1. The summed E-state index contributed by atoms with van der Waals surface area (Å²) in [5.41, 5.74) is 3.53. The van der Waals surface area contributed by atoms with Gasteiger partial charge in [0.05, 0.1) is 12.8 Å². The number of hydrogen-bond acceptors (Lipinski definition) is 5. The van der Waals surface area contributed by atoms with Crippen molar-refractivity contribution in [3.05, 3.63) is 71.2 Å². The lowest BCUT2D eigenvalue weighted by Gasteiger charge is -2.13. The third kappa shape index (κ3) is 4.23. The molecule has 0 bridgehead atoms. The molecule has 0 unspecified atom stereocenters. The van der Waals surface area contributed by atoms with E-state index in [1.807, 2.05) is 37.3 Å². The van der Waals surface area contributed by atoms with Crippen LogP contribution < -0.4 is 14.8 Å². The fraction of sp³-hybridized carbons (Fsp3) is 0.130. The third-order valence-electron chi connectivity index (χ3n) is 4.51. The Kier molecular flexibility index (Phi) is 5.59. The molecule has 3 aromatic carbocycles. The van der Waals surface area contributed by atoms with E-state index < -0.39 is 0 Å². The zero-order valence-corrected chi connectivity index (χ0v) is 17.2. The molecule has 0 saturated carbocycles. The number of para-hydroxylation sites is 2. The SMILES string of the molecule is COc1ccc(-c2nc3ccccc3o2)cc1NC(=O)COc1ccc(Cl)cc1C. The van der Waals surface area contributed by atoms with Gasteiger partial charge in [0, 0.05) is 10.6 Å². The summed E-state index contributed by atoms with van der Waals surface area (Å²) >= 11 is 5.95. The van der Waals surface area contributed by atoms with Crippen LogP contribution in [-0.4, -0.2) is 24.6 Å². The first-order chi connectivity index (χ1) is 14.5. The van der Waals surface area contributed by atoms with Crippen molar-refractivity contribution in [2.24, 2.45) is 0 Å². The van der Waals surface area contributed by atoms with Gasteiger partial charge in [0.2, 0.25) is 5.89 Å². The van der Waals surface area contributed by atoms with Crippen molar-refractivity contribution in [2.45, 2.75) is 6.92 Å². The number of oxazole rings is 1. The second-order valence-electron chi connectivity index (χ2n) is 6.65. The van der Waals surface area contributed by atoms with Crippen molar-refractivity contribution in [1.29, 1.82) is 0 Å². The van der Waals surface area contributed by atoms with E-state index in [9.17, 15) is 4.79 Å². The van der Waals surface area contributed by atoms with Gasteiger partial charge >= 0.3 is 0 Å². The molecule has 152 valence electrons. The number of amides is 1. The minimum absolute atomic E-state index is 0.154. The van der Waals surface area contributed by atoms with Crippen LogP contribution >= 0.6 is 11.6 Å². The zero-order chi connectivity index (χ0) is 21.1. The summed E-state index contributed by atoms with van der Waals surface area (Å²) in [4.78, 5) is 17.0. The number of rotatable bonds is 6. The van der Waals surface area contributed by atoms with Gasteiger partial charge in [0.15, 0.2) is 12.2 Å². The summed E-state index contributed by atoms with van der Waals surface area (Å²) in [5.74, 6) is 1.26. The topological polar surface area (TPSA) is 73.6 Å². The van der Waals surface area contributed by atoms with E-state index >= 15 is 0 Å². The van der Waals surface area contributed by atoms with Crippen LogP contribution in [0.1, 0.15) is 5.56 Å². The van der Waals surface area contributed by atoms with Crippen molar-refractivity contribution in [1.82, 2.24) is 4.98 Å². The number of nitrogens with zero attached hydrogens (tertiary/aromatic N) is 1. The average molecular weight is 423 g/mol. The van der Waals surface area contributed by atoms with Gasteiger partial charge in [0.25, 0.3) is 5.91 Å². The highest BCUT2D eigenvalue weighted by Gasteiger charge is 2.14. The average Bonchev–Trinajstić information content (AvgIpc) is 3.17. The second-order valence-corrected chi connectivity index (χ2v) is 7.08. The molecule has 1 amide bonds. The monoisotopic (exact) mass is 422 g/mol. The quantitative estimate of drug-likeness (QED) is 0.445. The summed E-state index contributed by atoms with van der Waals surface area (Å²) in [6.45, 7) is 1.71. The predicted octanol–water partition coefficient (Wildman–Crippen LogP) is 5.48. The standard InChI is InChI=1S/C23H19ClN2O4/c1-14-11-16(24)8-10-19(14)29-13-22(27)25-18-12-15(7-9-20(18)28-2)23-26-17-5-3-4-6-21(17)30-23/h3-12H,13H2,1-2H3,(H,25,27). The van der Waals surface area contributed by atoms with Gasteiger partial charge in [0.1, 0.15) is 17.0 Å². The molecular weight excluding hydrogens is 404 g/mol. The van der Waals surface area contributed by atoms with E-state index in [4.69, 9.17) is 25.5 Å². The Morgan fingerprint density at radius 3 is 2.67 bits per heavy atom. The van der Waals surface area contributed by atoms with Crippen LogP contribution in [0.3, 0.4) is 0 Å². The van der Waals surface area contributed by atoms with Gasteiger partial charge in [-0.2, -0.15) is 0 Å². The Labute approximate surface area is 178 Å². The molecule has 0 saturated heterocycles. The fourth-order valence-corrected chi connectivity index (χ4v) is 3.27. The lowest BCUT2D eigenvalue weighted by molar-refractivity contribution is -0.118. The van der Waals surface area contributed by atoms with Crippen LogP contribution in [0.2, 0.25) is 5.02 Å². The molecule has 0 radical (unpaired) electrons. The number of nitrogens with one attached hydrogen (secondary N) is 1. The Balaban J connectivity index is 1.52. The first kappa shape index (κ1) is 19.8. The number of benzene rings is 3.